The lowest BCUT2D eigenvalue weighted by molar-refractivity contribution is -0.0513. The molecule has 0 spiro atoms. The van der Waals surface area contributed by atoms with Crippen LogP contribution in [0.4, 0.5) is 5.95 Å². The van der Waals surface area contributed by atoms with Crippen LogP contribution in [0.1, 0.15) is 6.23 Å². The molecule has 13 nitrogen and oxygen atoms in total. The number of H-pyrrole nitrogens is 1. The van der Waals surface area contributed by atoms with Crippen molar-refractivity contribution in [1.29, 1.82) is 0 Å². The molecule has 0 amide bonds. The Labute approximate surface area is 146 Å². The number of halogens is 1. The van der Waals surface area contributed by atoms with E-state index in [2.05, 4.69) is 35.4 Å². The maximum Gasteiger partial charge on any atom is 0.469 e. The number of phosphoric ester groups is 1. The van der Waals surface area contributed by atoms with Crippen LogP contribution in [-0.4, -0.2) is 64.4 Å². The number of aliphatic hydroxyl groups is 2. The third-order valence-corrected chi connectivity index (χ3v) is 4.57. The van der Waals surface area contributed by atoms with Crippen LogP contribution < -0.4 is 11.3 Å². The Balaban J connectivity index is 1.97. The summed E-state index contributed by atoms with van der Waals surface area (Å²) in [5, 5.41) is 20.2. The van der Waals surface area contributed by atoms with Gasteiger partial charge < -0.3 is 30.5 Å². The van der Waals surface area contributed by atoms with Gasteiger partial charge in [-0.3, -0.25) is 18.9 Å². The smallest absolute Gasteiger partial charge is 0.387 e. The molecule has 0 aromatic carbocycles. The number of hydrogen-bond donors (Lipinski definition) is 6. The molecular weight excluding hydrogens is 429 g/mol. The number of aromatic amines is 1. The Morgan fingerprint density at radius 2 is 2.04 bits per heavy atom. The molecule has 1 saturated heterocycles. The van der Waals surface area contributed by atoms with Crippen molar-refractivity contribution in [3.8, 4) is 0 Å². The van der Waals surface area contributed by atoms with Crippen molar-refractivity contribution < 1.29 is 33.8 Å². The lowest BCUT2D eigenvalue weighted by Crippen LogP contribution is -2.33. The van der Waals surface area contributed by atoms with Gasteiger partial charge >= 0.3 is 7.82 Å². The number of nitrogens with zero attached hydrogens (tertiary/aromatic N) is 3. The SMILES string of the molecule is Nc1nc2c(nc(Br)n2[C@@H]2O[C@H](COP(=O)(O)O)[C@H](O)[C@H]2O)c(=O)[nH]1. The van der Waals surface area contributed by atoms with Gasteiger partial charge in [-0.25, -0.2) is 9.55 Å². The van der Waals surface area contributed by atoms with Crippen molar-refractivity contribution in [2.45, 2.75) is 24.5 Å². The molecule has 0 radical (unpaired) electrons. The number of nitrogens with one attached hydrogen (secondary N) is 1. The predicted molar refractivity (Wildman–Crippen MR) is 84.2 cm³/mol. The fourth-order valence-electron chi connectivity index (χ4n) is 2.45. The van der Waals surface area contributed by atoms with Gasteiger partial charge in [0.05, 0.1) is 6.61 Å². The number of aliphatic hydroxyl groups excluding tert-OH is 2. The first-order valence-electron chi connectivity index (χ1n) is 6.73. The summed E-state index contributed by atoms with van der Waals surface area (Å²) < 4.78 is 21.8. The van der Waals surface area contributed by atoms with Gasteiger partial charge in [-0.15, -0.1) is 0 Å². The molecule has 7 N–H and O–H groups in total. The van der Waals surface area contributed by atoms with Crippen LogP contribution in [0.2, 0.25) is 0 Å². The number of fused-ring (bicyclic) bond motifs is 1. The number of anilines is 1. The van der Waals surface area contributed by atoms with Gasteiger partial charge in [0.2, 0.25) is 5.95 Å². The van der Waals surface area contributed by atoms with Crippen LogP contribution in [0.15, 0.2) is 9.53 Å². The summed E-state index contributed by atoms with van der Waals surface area (Å²) in [6.45, 7) is -0.667. The number of aromatic nitrogens is 4. The highest BCUT2D eigenvalue weighted by Gasteiger charge is 2.46. The van der Waals surface area contributed by atoms with Crippen molar-refractivity contribution in [3.63, 3.8) is 0 Å². The van der Waals surface area contributed by atoms with E-state index < -0.39 is 44.5 Å². The Hall–Kier alpha value is -1.38. The molecule has 3 heterocycles. The summed E-state index contributed by atoms with van der Waals surface area (Å²) in [4.78, 5) is 39.5. The first-order valence-corrected chi connectivity index (χ1v) is 9.05. The average molecular weight is 442 g/mol. The second kappa shape index (κ2) is 6.41. The highest BCUT2D eigenvalue weighted by molar-refractivity contribution is 9.10. The third-order valence-electron chi connectivity index (χ3n) is 3.52. The van der Waals surface area contributed by atoms with E-state index in [1.807, 2.05) is 0 Å². The average Bonchev–Trinajstić information content (AvgIpc) is 2.95. The molecule has 0 bridgehead atoms. The van der Waals surface area contributed by atoms with Crippen LogP contribution in [0.5, 0.6) is 0 Å². The predicted octanol–water partition coefficient (Wildman–Crippen LogP) is -1.81. The number of rotatable bonds is 4. The number of nitrogens with two attached hydrogens (primary N) is 1. The molecule has 4 atom stereocenters. The molecule has 0 unspecified atom stereocenters. The zero-order valence-corrected chi connectivity index (χ0v) is 14.7. The molecular formula is C10H13BrN5O8P. The van der Waals surface area contributed by atoms with E-state index in [4.69, 9.17) is 20.3 Å². The lowest BCUT2D eigenvalue weighted by Gasteiger charge is -2.17. The molecule has 2 aromatic rings. The molecule has 1 aliphatic heterocycles. The summed E-state index contributed by atoms with van der Waals surface area (Å²) >= 11 is 3.11. The topological polar surface area (TPSA) is 206 Å². The van der Waals surface area contributed by atoms with Gasteiger partial charge in [0.15, 0.2) is 22.1 Å². The highest BCUT2D eigenvalue weighted by atomic mass is 79.9. The van der Waals surface area contributed by atoms with E-state index in [0.29, 0.717) is 0 Å². The minimum Gasteiger partial charge on any atom is -0.387 e. The minimum absolute atomic E-state index is 0.0130. The highest BCUT2D eigenvalue weighted by Crippen LogP contribution is 2.39. The zero-order valence-electron chi connectivity index (χ0n) is 12.2. The fourth-order valence-corrected chi connectivity index (χ4v) is 3.34. The largest absolute Gasteiger partial charge is 0.469 e. The van der Waals surface area contributed by atoms with Crippen molar-refractivity contribution >= 4 is 40.9 Å². The molecule has 1 aliphatic rings. The first-order chi connectivity index (χ1) is 11.6. The van der Waals surface area contributed by atoms with Crippen molar-refractivity contribution in [1.82, 2.24) is 19.5 Å². The Morgan fingerprint density at radius 1 is 1.36 bits per heavy atom. The molecule has 0 aliphatic carbocycles. The van der Waals surface area contributed by atoms with Gasteiger partial charge in [0.25, 0.3) is 5.56 Å². The number of hydrogen-bond acceptors (Lipinski definition) is 9. The Morgan fingerprint density at radius 3 is 2.68 bits per heavy atom. The lowest BCUT2D eigenvalue weighted by atomic mass is 10.1. The van der Waals surface area contributed by atoms with E-state index in [-0.39, 0.29) is 21.8 Å². The molecule has 1 fully saturated rings. The maximum atomic E-state index is 11.9. The van der Waals surface area contributed by atoms with E-state index in [9.17, 15) is 19.6 Å². The molecule has 2 aromatic heterocycles. The van der Waals surface area contributed by atoms with Gasteiger partial charge in [-0.05, 0) is 15.9 Å². The monoisotopic (exact) mass is 441 g/mol. The summed E-state index contributed by atoms with van der Waals surface area (Å²) in [6.07, 6.45) is -5.52. The molecule has 15 heteroatoms. The van der Waals surface area contributed by atoms with Crippen LogP contribution in [0, 0.1) is 0 Å². The van der Waals surface area contributed by atoms with E-state index >= 15 is 0 Å². The molecule has 138 valence electrons. The van der Waals surface area contributed by atoms with Crippen LogP contribution >= 0.6 is 23.8 Å². The molecule has 25 heavy (non-hydrogen) atoms. The van der Waals surface area contributed by atoms with Crippen molar-refractivity contribution in [2.24, 2.45) is 0 Å². The summed E-state index contributed by atoms with van der Waals surface area (Å²) in [5.41, 5.74) is 4.79. The molecule has 0 saturated carbocycles. The second-order valence-electron chi connectivity index (χ2n) is 5.21. The molecule has 3 rings (SSSR count). The minimum atomic E-state index is -4.78. The van der Waals surface area contributed by atoms with Gasteiger partial charge in [-0.1, -0.05) is 0 Å². The second-order valence-corrected chi connectivity index (χ2v) is 7.16. The van der Waals surface area contributed by atoms with E-state index in [0.717, 1.165) is 0 Å². The Bertz CT molecular complexity index is 911. The van der Waals surface area contributed by atoms with Gasteiger partial charge in [-0.2, -0.15) is 4.98 Å². The Kier molecular flexibility index (Phi) is 4.72. The van der Waals surface area contributed by atoms with Crippen LogP contribution in [0.3, 0.4) is 0 Å². The maximum absolute atomic E-state index is 11.9. The summed E-state index contributed by atoms with van der Waals surface area (Å²) in [5.74, 6) is -0.194. The quantitative estimate of drug-likeness (QED) is 0.230. The standard InChI is InChI=1S/C10H13BrN5O8P/c11-9-13-3-6(14-10(12)15-7(3)19)16(9)8-5(18)4(17)2(24-8)1-23-25(20,21)22/h2,4-5,8,17-18H,1H2,(H2,20,21,22)(H3,12,14,15,19)/t2-,4+,5-,8-/m1/s1. The van der Waals surface area contributed by atoms with Gasteiger partial charge in [0, 0.05) is 0 Å². The van der Waals surface area contributed by atoms with E-state index in [1.165, 1.54) is 4.57 Å². The first kappa shape index (κ1) is 18.4. The fraction of sp³-hybridized carbons (Fsp3) is 0.500. The van der Waals surface area contributed by atoms with Crippen LogP contribution in [-0.2, 0) is 13.8 Å². The summed E-state index contributed by atoms with van der Waals surface area (Å²) in [6, 6.07) is 0. The van der Waals surface area contributed by atoms with Crippen LogP contribution in [0.25, 0.3) is 11.2 Å². The van der Waals surface area contributed by atoms with Crippen molar-refractivity contribution in [3.05, 3.63) is 15.1 Å². The third kappa shape index (κ3) is 3.47. The van der Waals surface area contributed by atoms with Gasteiger partial charge in [0.1, 0.15) is 18.3 Å². The van der Waals surface area contributed by atoms with Crippen molar-refractivity contribution in [2.75, 3.05) is 12.3 Å². The zero-order chi connectivity index (χ0) is 18.5. The normalized spacial score (nSPS) is 27.2. The number of ether oxygens (including phenoxy) is 1. The number of imidazole rings is 1. The number of phosphoric acid groups is 1. The number of nitrogen functional groups attached to an aromatic ring is 1. The summed E-state index contributed by atoms with van der Waals surface area (Å²) in [7, 11) is -4.78. The van der Waals surface area contributed by atoms with E-state index in [1.54, 1.807) is 0 Å².